The van der Waals surface area contributed by atoms with Crippen LogP contribution in [0.1, 0.15) is 28.3 Å². The lowest BCUT2D eigenvalue weighted by Crippen LogP contribution is -2.31. The molecule has 156 valence electrons. The highest BCUT2D eigenvalue weighted by molar-refractivity contribution is 6.46. The minimum absolute atomic E-state index is 0.0218. The number of halogens is 1. The second-order valence-corrected chi connectivity index (χ2v) is 7.65. The van der Waals surface area contributed by atoms with E-state index >= 15 is 0 Å². The molecule has 0 aromatic heterocycles. The van der Waals surface area contributed by atoms with Gasteiger partial charge in [0.15, 0.2) is 0 Å². The number of hydrogen-bond acceptors (Lipinski definition) is 3. The molecule has 1 heterocycles. The summed E-state index contributed by atoms with van der Waals surface area (Å²) in [5, 5.41) is 11.0. The van der Waals surface area contributed by atoms with Crippen molar-refractivity contribution in [2.75, 3.05) is 6.54 Å². The van der Waals surface area contributed by atoms with Crippen LogP contribution in [-0.2, 0) is 16.0 Å². The maximum Gasteiger partial charge on any atom is 0.295 e. The van der Waals surface area contributed by atoms with Crippen LogP contribution in [0.2, 0.25) is 0 Å². The van der Waals surface area contributed by atoms with Gasteiger partial charge in [-0.15, -0.1) is 0 Å². The largest absolute Gasteiger partial charge is 0.507 e. The first-order valence-corrected chi connectivity index (χ1v) is 10.1. The van der Waals surface area contributed by atoms with E-state index in [-0.39, 0.29) is 11.3 Å². The Kier molecular flexibility index (Phi) is 5.67. The fourth-order valence-corrected chi connectivity index (χ4v) is 3.86. The number of ketones is 1. The molecule has 1 amide bonds. The van der Waals surface area contributed by atoms with Crippen molar-refractivity contribution in [1.82, 2.24) is 4.90 Å². The highest BCUT2D eigenvalue weighted by atomic mass is 19.1. The van der Waals surface area contributed by atoms with Crippen LogP contribution in [0.25, 0.3) is 5.76 Å². The number of aliphatic hydroxyl groups excluding tert-OH is 1. The Morgan fingerprint density at radius 2 is 1.58 bits per heavy atom. The van der Waals surface area contributed by atoms with Crippen molar-refractivity contribution < 1.29 is 19.1 Å². The van der Waals surface area contributed by atoms with Crippen molar-refractivity contribution in [3.63, 3.8) is 0 Å². The molecule has 3 aromatic rings. The molecule has 1 fully saturated rings. The van der Waals surface area contributed by atoms with Gasteiger partial charge >= 0.3 is 0 Å². The Bertz CT molecular complexity index is 1140. The molecule has 0 bridgehead atoms. The van der Waals surface area contributed by atoms with E-state index in [2.05, 4.69) is 0 Å². The Morgan fingerprint density at radius 3 is 2.23 bits per heavy atom. The second-order valence-electron chi connectivity index (χ2n) is 7.65. The molecule has 1 atom stereocenters. The lowest BCUT2D eigenvalue weighted by Gasteiger charge is -2.25. The number of likely N-dealkylation sites (tertiary alicyclic amines) is 1. The Hall–Kier alpha value is -3.73. The lowest BCUT2D eigenvalue weighted by atomic mass is 9.95. The molecule has 0 aliphatic carbocycles. The van der Waals surface area contributed by atoms with Crippen LogP contribution in [0.15, 0.2) is 84.4 Å². The quantitative estimate of drug-likeness (QED) is 0.370. The van der Waals surface area contributed by atoms with Crippen LogP contribution in [0.5, 0.6) is 0 Å². The van der Waals surface area contributed by atoms with Crippen LogP contribution >= 0.6 is 0 Å². The number of hydrogen-bond donors (Lipinski definition) is 1. The van der Waals surface area contributed by atoms with Gasteiger partial charge in [-0.25, -0.2) is 4.39 Å². The highest BCUT2D eigenvalue weighted by Crippen LogP contribution is 2.39. The number of amides is 1. The second kappa shape index (κ2) is 8.56. The monoisotopic (exact) mass is 415 g/mol. The fraction of sp³-hybridized carbons (Fsp3) is 0.154. The average molecular weight is 415 g/mol. The fourth-order valence-electron chi connectivity index (χ4n) is 3.86. The van der Waals surface area contributed by atoms with Crippen molar-refractivity contribution >= 4 is 17.4 Å². The van der Waals surface area contributed by atoms with E-state index in [0.717, 1.165) is 11.1 Å². The molecular formula is C26H22FNO3. The van der Waals surface area contributed by atoms with Crippen LogP contribution in [0, 0.1) is 12.7 Å². The number of carbonyl (C=O) groups is 2. The van der Waals surface area contributed by atoms with Gasteiger partial charge in [-0.1, -0.05) is 72.3 Å². The van der Waals surface area contributed by atoms with E-state index in [1.807, 2.05) is 49.4 Å². The summed E-state index contributed by atoms with van der Waals surface area (Å²) >= 11 is 0. The molecular weight excluding hydrogens is 393 g/mol. The smallest absolute Gasteiger partial charge is 0.295 e. The summed E-state index contributed by atoms with van der Waals surface area (Å²) in [6, 6.07) is 21.6. The van der Waals surface area contributed by atoms with E-state index in [4.69, 9.17) is 0 Å². The topological polar surface area (TPSA) is 57.6 Å². The Labute approximate surface area is 180 Å². The summed E-state index contributed by atoms with van der Waals surface area (Å²) in [7, 11) is 0. The molecule has 31 heavy (non-hydrogen) atoms. The molecule has 1 saturated heterocycles. The van der Waals surface area contributed by atoms with Crippen molar-refractivity contribution in [3.05, 3.63) is 113 Å². The van der Waals surface area contributed by atoms with Gasteiger partial charge in [0.25, 0.3) is 11.7 Å². The minimum Gasteiger partial charge on any atom is -0.507 e. The van der Waals surface area contributed by atoms with Crippen molar-refractivity contribution in [2.24, 2.45) is 0 Å². The third kappa shape index (κ3) is 4.12. The minimum atomic E-state index is -0.786. The molecule has 4 nitrogen and oxygen atoms in total. The molecule has 4 rings (SSSR count). The molecule has 1 N–H and O–H groups in total. The van der Waals surface area contributed by atoms with Crippen LogP contribution in [-0.4, -0.2) is 28.2 Å². The number of nitrogens with zero attached hydrogens (tertiary/aromatic N) is 1. The Morgan fingerprint density at radius 1 is 0.935 bits per heavy atom. The lowest BCUT2D eigenvalue weighted by molar-refractivity contribution is -0.139. The normalized spacial score (nSPS) is 17.9. The van der Waals surface area contributed by atoms with Gasteiger partial charge in [0.2, 0.25) is 0 Å². The van der Waals surface area contributed by atoms with Gasteiger partial charge in [-0.2, -0.15) is 0 Å². The number of Topliss-reactive ketones (excluding diaryl/α,β-unsaturated/α-hetero) is 1. The zero-order valence-electron chi connectivity index (χ0n) is 17.1. The summed E-state index contributed by atoms with van der Waals surface area (Å²) in [4.78, 5) is 27.4. The Balaban J connectivity index is 1.78. The number of aryl methyl sites for hydroxylation is 1. The van der Waals surface area contributed by atoms with E-state index in [1.165, 1.54) is 17.0 Å². The van der Waals surface area contributed by atoms with Crippen LogP contribution < -0.4 is 0 Å². The predicted molar refractivity (Wildman–Crippen MR) is 117 cm³/mol. The third-order valence-corrected chi connectivity index (χ3v) is 5.53. The zero-order valence-corrected chi connectivity index (χ0v) is 17.1. The predicted octanol–water partition coefficient (Wildman–Crippen LogP) is 4.80. The van der Waals surface area contributed by atoms with E-state index in [1.54, 1.807) is 24.3 Å². The van der Waals surface area contributed by atoms with Gasteiger partial charge in [0, 0.05) is 12.1 Å². The maximum atomic E-state index is 13.5. The van der Waals surface area contributed by atoms with Gasteiger partial charge in [-0.05, 0) is 36.6 Å². The van der Waals surface area contributed by atoms with Gasteiger partial charge in [-0.3, -0.25) is 9.59 Å². The average Bonchev–Trinajstić information content (AvgIpc) is 3.04. The molecule has 0 radical (unpaired) electrons. The van der Waals surface area contributed by atoms with Gasteiger partial charge < -0.3 is 10.0 Å². The van der Waals surface area contributed by atoms with E-state index < -0.39 is 23.5 Å². The summed E-state index contributed by atoms with van der Waals surface area (Å²) in [5.74, 6) is -2.04. The highest BCUT2D eigenvalue weighted by Gasteiger charge is 2.45. The van der Waals surface area contributed by atoms with E-state index in [0.29, 0.717) is 24.1 Å². The van der Waals surface area contributed by atoms with Crippen LogP contribution in [0.4, 0.5) is 4.39 Å². The van der Waals surface area contributed by atoms with Crippen molar-refractivity contribution in [3.8, 4) is 0 Å². The summed E-state index contributed by atoms with van der Waals surface area (Å²) < 4.78 is 13.5. The summed E-state index contributed by atoms with van der Waals surface area (Å²) in [6.07, 6.45) is 0.552. The molecule has 1 unspecified atom stereocenters. The van der Waals surface area contributed by atoms with Gasteiger partial charge in [0.1, 0.15) is 11.6 Å². The zero-order chi connectivity index (χ0) is 22.0. The molecule has 1 aliphatic rings. The van der Waals surface area contributed by atoms with Crippen LogP contribution in [0.3, 0.4) is 0 Å². The number of rotatable bonds is 5. The first-order chi connectivity index (χ1) is 15.0. The molecule has 0 saturated carbocycles. The van der Waals surface area contributed by atoms with Crippen molar-refractivity contribution in [1.29, 1.82) is 0 Å². The summed E-state index contributed by atoms with van der Waals surface area (Å²) in [5.41, 5.74) is 3.09. The number of benzene rings is 3. The number of aliphatic hydroxyl groups is 1. The summed E-state index contributed by atoms with van der Waals surface area (Å²) in [6.45, 7) is 2.21. The third-order valence-electron chi connectivity index (χ3n) is 5.53. The molecule has 5 heteroatoms. The van der Waals surface area contributed by atoms with Crippen molar-refractivity contribution in [2.45, 2.75) is 19.4 Å². The maximum absolute atomic E-state index is 13.5. The molecule has 3 aromatic carbocycles. The van der Waals surface area contributed by atoms with Gasteiger partial charge in [0.05, 0.1) is 11.6 Å². The first-order valence-electron chi connectivity index (χ1n) is 10.1. The molecule has 1 aliphatic heterocycles. The first kappa shape index (κ1) is 20.5. The number of carbonyl (C=O) groups excluding carboxylic acids is 2. The molecule has 0 spiro atoms. The SMILES string of the molecule is Cc1ccc(C(O)=C2C(=O)C(=O)N(CCc3ccccc3)C2c2ccc(F)cc2)cc1. The standard InChI is InChI=1S/C26H22FNO3/c1-17-7-9-20(10-8-17)24(29)22-23(19-11-13-21(27)14-12-19)28(26(31)25(22)30)16-15-18-5-3-2-4-6-18/h2-14,23,29H,15-16H2,1H3. The van der Waals surface area contributed by atoms with E-state index in [9.17, 15) is 19.1 Å².